The SMILES string of the molecule is CC1(C)OB(c2ccc(C=O)c(Cl)c2)OC1(C)C.O=Cc1ccccc1. The lowest BCUT2D eigenvalue weighted by molar-refractivity contribution is 0.00578. The fourth-order valence-corrected chi connectivity index (χ4v) is 2.53. The molecule has 1 heterocycles. The van der Waals surface area contributed by atoms with Crippen LogP contribution >= 0.6 is 11.6 Å². The lowest BCUT2D eigenvalue weighted by Gasteiger charge is -2.32. The largest absolute Gasteiger partial charge is 0.494 e. The van der Waals surface area contributed by atoms with Gasteiger partial charge in [0, 0.05) is 11.1 Å². The van der Waals surface area contributed by atoms with E-state index in [-0.39, 0.29) is 11.2 Å². The van der Waals surface area contributed by atoms with Gasteiger partial charge in [0.1, 0.15) is 6.29 Å². The number of benzene rings is 2. The predicted octanol–water partition coefficient (Wildman–Crippen LogP) is 3.95. The third-order valence-corrected chi connectivity index (χ3v) is 4.94. The second-order valence-electron chi connectivity index (χ2n) is 7.02. The highest BCUT2D eigenvalue weighted by atomic mass is 35.5. The standard InChI is InChI=1S/C13H16BClO3.C7H6O/c1-12(2)13(3,4)18-14(17-12)10-6-5-9(8-16)11(15)7-10;8-6-7-4-2-1-3-5-7/h5-8H,1-4H3;1-6H. The van der Waals surface area contributed by atoms with Crippen molar-refractivity contribution in [2.75, 3.05) is 0 Å². The first kappa shape index (κ1) is 20.4. The van der Waals surface area contributed by atoms with Gasteiger partial charge in [-0.15, -0.1) is 0 Å². The van der Waals surface area contributed by atoms with Crippen molar-refractivity contribution in [3.63, 3.8) is 0 Å². The van der Waals surface area contributed by atoms with Crippen LogP contribution in [0.1, 0.15) is 48.4 Å². The monoisotopic (exact) mass is 372 g/mol. The molecule has 3 rings (SSSR count). The molecule has 0 atom stereocenters. The fourth-order valence-electron chi connectivity index (χ4n) is 2.30. The molecule has 0 spiro atoms. The van der Waals surface area contributed by atoms with Crippen LogP contribution in [-0.4, -0.2) is 30.9 Å². The van der Waals surface area contributed by atoms with Gasteiger partial charge >= 0.3 is 7.12 Å². The van der Waals surface area contributed by atoms with Crippen molar-refractivity contribution in [3.05, 3.63) is 64.7 Å². The molecular formula is C20H22BClO4. The summed E-state index contributed by atoms with van der Waals surface area (Å²) in [6.07, 6.45) is 1.57. The van der Waals surface area contributed by atoms with Crippen LogP contribution in [0, 0.1) is 0 Å². The van der Waals surface area contributed by atoms with Gasteiger partial charge in [0.05, 0.1) is 16.2 Å². The topological polar surface area (TPSA) is 52.6 Å². The molecule has 0 unspecified atom stereocenters. The zero-order valence-corrected chi connectivity index (χ0v) is 16.1. The number of carbonyl (C=O) groups excluding carboxylic acids is 2. The summed E-state index contributed by atoms with van der Waals surface area (Å²) in [6.45, 7) is 7.98. The van der Waals surface area contributed by atoms with Crippen LogP contribution in [-0.2, 0) is 9.31 Å². The molecule has 0 bridgehead atoms. The van der Waals surface area contributed by atoms with E-state index in [1.807, 2.05) is 45.9 Å². The van der Waals surface area contributed by atoms with Crippen LogP contribution in [0.5, 0.6) is 0 Å². The number of halogens is 1. The lowest BCUT2D eigenvalue weighted by Crippen LogP contribution is -2.41. The van der Waals surface area contributed by atoms with E-state index < -0.39 is 7.12 Å². The van der Waals surface area contributed by atoms with E-state index >= 15 is 0 Å². The molecule has 1 aliphatic heterocycles. The lowest BCUT2D eigenvalue weighted by atomic mass is 9.79. The Labute approximate surface area is 159 Å². The Balaban J connectivity index is 0.000000254. The fraction of sp³-hybridized carbons (Fsp3) is 0.300. The molecule has 1 saturated heterocycles. The summed E-state index contributed by atoms with van der Waals surface area (Å²) >= 11 is 6.01. The number of carbonyl (C=O) groups is 2. The van der Waals surface area contributed by atoms with E-state index in [2.05, 4.69) is 0 Å². The maximum atomic E-state index is 10.7. The minimum Gasteiger partial charge on any atom is -0.399 e. The van der Waals surface area contributed by atoms with E-state index in [4.69, 9.17) is 20.9 Å². The first-order valence-corrected chi connectivity index (χ1v) is 8.68. The third-order valence-electron chi connectivity index (χ3n) is 4.61. The Hall–Kier alpha value is -1.95. The molecule has 136 valence electrons. The van der Waals surface area contributed by atoms with Crippen LogP contribution in [0.2, 0.25) is 5.02 Å². The highest BCUT2D eigenvalue weighted by molar-refractivity contribution is 6.62. The molecule has 26 heavy (non-hydrogen) atoms. The van der Waals surface area contributed by atoms with Crippen LogP contribution in [0.3, 0.4) is 0 Å². The van der Waals surface area contributed by atoms with Crippen LogP contribution in [0.15, 0.2) is 48.5 Å². The van der Waals surface area contributed by atoms with Gasteiger partial charge in [-0.3, -0.25) is 9.59 Å². The van der Waals surface area contributed by atoms with Crippen molar-refractivity contribution in [1.29, 1.82) is 0 Å². The zero-order chi connectivity index (χ0) is 19.4. The summed E-state index contributed by atoms with van der Waals surface area (Å²) in [6, 6.07) is 14.3. The van der Waals surface area contributed by atoms with E-state index in [0.29, 0.717) is 10.6 Å². The molecule has 0 radical (unpaired) electrons. The van der Waals surface area contributed by atoms with Gasteiger partial charge in [0.2, 0.25) is 0 Å². The predicted molar refractivity (Wildman–Crippen MR) is 104 cm³/mol. The normalized spacial score (nSPS) is 17.2. The van der Waals surface area contributed by atoms with E-state index in [1.165, 1.54) is 0 Å². The van der Waals surface area contributed by atoms with Gasteiger partial charge in [-0.2, -0.15) is 0 Å². The maximum absolute atomic E-state index is 10.7. The third kappa shape index (κ3) is 4.61. The summed E-state index contributed by atoms with van der Waals surface area (Å²) in [7, 11) is -0.451. The summed E-state index contributed by atoms with van der Waals surface area (Å²) < 4.78 is 11.8. The maximum Gasteiger partial charge on any atom is 0.494 e. The van der Waals surface area contributed by atoms with Gasteiger partial charge < -0.3 is 9.31 Å². The number of aldehydes is 2. The van der Waals surface area contributed by atoms with Crippen molar-refractivity contribution in [1.82, 2.24) is 0 Å². The molecule has 1 aliphatic rings. The minimum atomic E-state index is -0.451. The summed E-state index contributed by atoms with van der Waals surface area (Å²) in [5.41, 5.74) is 1.26. The summed E-state index contributed by atoms with van der Waals surface area (Å²) in [5.74, 6) is 0. The van der Waals surface area contributed by atoms with Crippen LogP contribution in [0.4, 0.5) is 0 Å². The van der Waals surface area contributed by atoms with E-state index in [9.17, 15) is 9.59 Å². The van der Waals surface area contributed by atoms with Gasteiger partial charge in [-0.05, 0) is 39.2 Å². The number of hydrogen-bond acceptors (Lipinski definition) is 4. The first-order chi connectivity index (χ1) is 12.2. The average Bonchev–Trinajstić information content (AvgIpc) is 2.84. The molecule has 2 aromatic rings. The molecule has 1 fully saturated rings. The highest BCUT2D eigenvalue weighted by Gasteiger charge is 2.51. The highest BCUT2D eigenvalue weighted by Crippen LogP contribution is 2.36. The molecular weight excluding hydrogens is 350 g/mol. The molecule has 0 aromatic heterocycles. The average molecular weight is 373 g/mol. The summed E-state index contributed by atoms with van der Waals surface area (Å²) in [5, 5.41) is 0.414. The molecule has 0 N–H and O–H groups in total. The molecule has 0 saturated carbocycles. The number of rotatable bonds is 3. The van der Waals surface area contributed by atoms with Crippen molar-refractivity contribution in [3.8, 4) is 0 Å². The molecule has 6 heteroatoms. The Kier molecular flexibility index (Phi) is 6.40. The van der Waals surface area contributed by atoms with Gasteiger partial charge in [0.15, 0.2) is 6.29 Å². The van der Waals surface area contributed by atoms with Gasteiger partial charge in [0.25, 0.3) is 0 Å². The Bertz CT molecular complexity index is 759. The van der Waals surface area contributed by atoms with Crippen molar-refractivity contribution < 1.29 is 18.9 Å². The summed E-state index contributed by atoms with van der Waals surface area (Å²) in [4.78, 5) is 20.7. The van der Waals surface area contributed by atoms with Crippen LogP contribution < -0.4 is 5.46 Å². The number of hydrogen-bond donors (Lipinski definition) is 0. The van der Waals surface area contributed by atoms with E-state index in [1.54, 1.807) is 30.3 Å². The molecule has 0 aliphatic carbocycles. The molecule has 0 amide bonds. The smallest absolute Gasteiger partial charge is 0.399 e. The minimum absolute atomic E-state index is 0.381. The van der Waals surface area contributed by atoms with Gasteiger partial charge in [-0.1, -0.05) is 54.1 Å². The Morgan fingerprint density at radius 2 is 1.46 bits per heavy atom. The van der Waals surface area contributed by atoms with Crippen molar-refractivity contribution >= 4 is 36.8 Å². The van der Waals surface area contributed by atoms with E-state index in [0.717, 1.165) is 23.6 Å². The van der Waals surface area contributed by atoms with Crippen molar-refractivity contribution in [2.45, 2.75) is 38.9 Å². The molecule has 2 aromatic carbocycles. The Morgan fingerprint density at radius 1 is 0.885 bits per heavy atom. The first-order valence-electron chi connectivity index (χ1n) is 8.30. The van der Waals surface area contributed by atoms with Crippen LogP contribution in [0.25, 0.3) is 0 Å². The van der Waals surface area contributed by atoms with Crippen molar-refractivity contribution in [2.24, 2.45) is 0 Å². The Morgan fingerprint density at radius 3 is 1.88 bits per heavy atom. The second kappa shape index (κ2) is 8.17. The molecule has 4 nitrogen and oxygen atoms in total. The van der Waals surface area contributed by atoms with Gasteiger partial charge in [-0.25, -0.2) is 0 Å². The second-order valence-corrected chi connectivity index (χ2v) is 7.42. The quantitative estimate of drug-likeness (QED) is 0.604. The zero-order valence-electron chi connectivity index (χ0n) is 15.4.